The first-order valence-electron chi connectivity index (χ1n) is 7.89. The number of nitrogens with one attached hydrogen (secondary N) is 2. The van der Waals surface area contributed by atoms with Gasteiger partial charge in [0.25, 0.3) is 0 Å². The first kappa shape index (κ1) is 22.0. The number of guanidine groups is 1. The smallest absolute Gasteiger partial charge is 0.191 e. The molecule has 2 aromatic rings. The molecule has 0 aliphatic heterocycles. The van der Waals surface area contributed by atoms with Crippen molar-refractivity contribution >= 4 is 53.1 Å². The van der Waals surface area contributed by atoms with E-state index in [1.807, 2.05) is 16.7 Å². The molecule has 2 rings (SSSR count). The van der Waals surface area contributed by atoms with E-state index in [-0.39, 0.29) is 24.0 Å². The number of hydrogen-bond donors (Lipinski definition) is 2. The van der Waals surface area contributed by atoms with E-state index in [1.54, 1.807) is 19.4 Å². The van der Waals surface area contributed by atoms with E-state index in [0.717, 1.165) is 43.3 Å². The van der Waals surface area contributed by atoms with Crippen LogP contribution in [0.3, 0.4) is 0 Å². The zero-order valence-electron chi connectivity index (χ0n) is 14.3. The summed E-state index contributed by atoms with van der Waals surface area (Å²) in [5.41, 5.74) is 1.10. The monoisotopic (exact) mass is 496 g/mol. The van der Waals surface area contributed by atoms with Crippen molar-refractivity contribution in [1.29, 1.82) is 0 Å². The molecule has 1 aromatic carbocycles. The van der Waals surface area contributed by atoms with Gasteiger partial charge in [-0.3, -0.25) is 4.99 Å². The zero-order chi connectivity index (χ0) is 17.4. The Kier molecular flexibility index (Phi) is 10.1. The van der Waals surface area contributed by atoms with Gasteiger partial charge in [0.05, 0.1) is 6.54 Å². The number of aromatic nitrogens is 3. The quantitative estimate of drug-likeness (QED) is 0.266. The molecule has 0 bridgehead atoms. The Labute approximate surface area is 175 Å². The van der Waals surface area contributed by atoms with Crippen LogP contribution in [0.25, 0.3) is 0 Å². The second-order valence-corrected chi connectivity index (χ2v) is 6.07. The summed E-state index contributed by atoms with van der Waals surface area (Å²) in [7, 11) is 1.75. The third-order valence-electron chi connectivity index (χ3n) is 3.60. The molecule has 0 unspecified atom stereocenters. The Morgan fingerprint density at radius 2 is 2.08 bits per heavy atom. The molecule has 6 nitrogen and oxygen atoms in total. The number of hydrogen-bond acceptors (Lipinski definition) is 3. The largest absolute Gasteiger partial charge is 0.356 e. The lowest BCUT2D eigenvalue weighted by Crippen LogP contribution is -2.38. The summed E-state index contributed by atoms with van der Waals surface area (Å²) in [4.78, 5) is 4.21. The Balaban J connectivity index is 0.00000312. The van der Waals surface area contributed by atoms with Crippen LogP contribution in [0.1, 0.15) is 24.7 Å². The van der Waals surface area contributed by atoms with Gasteiger partial charge in [0.1, 0.15) is 6.33 Å². The highest BCUT2D eigenvalue weighted by molar-refractivity contribution is 14.0. The zero-order valence-corrected chi connectivity index (χ0v) is 18.1. The highest BCUT2D eigenvalue weighted by Gasteiger charge is 2.05. The highest BCUT2D eigenvalue weighted by Crippen LogP contribution is 2.21. The Morgan fingerprint density at radius 3 is 2.76 bits per heavy atom. The molecule has 0 atom stereocenters. The van der Waals surface area contributed by atoms with E-state index >= 15 is 0 Å². The summed E-state index contributed by atoms with van der Waals surface area (Å²) >= 11 is 12.1. The molecule has 0 aliphatic rings. The number of aryl methyl sites for hydroxylation is 2. The Morgan fingerprint density at radius 1 is 1.28 bits per heavy atom. The maximum Gasteiger partial charge on any atom is 0.191 e. The lowest BCUT2D eigenvalue weighted by molar-refractivity contribution is 0.666. The summed E-state index contributed by atoms with van der Waals surface area (Å²) in [6.45, 7) is 4.27. The number of aliphatic imine (C=N–C) groups is 1. The van der Waals surface area contributed by atoms with Crippen LogP contribution in [0.5, 0.6) is 0 Å². The summed E-state index contributed by atoms with van der Waals surface area (Å²) in [5, 5.41) is 15.9. The molecule has 2 N–H and O–H groups in total. The van der Waals surface area contributed by atoms with E-state index in [9.17, 15) is 0 Å². The lowest BCUT2D eigenvalue weighted by atomic mass is 10.1. The first-order chi connectivity index (χ1) is 11.6. The average molecular weight is 497 g/mol. The Hall–Kier alpha value is -1.06. The topological polar surface area (TPSA) is 67.1 Å². The van der Waals surface area contributed by atoms with Gasteiger partial charge in [-0.2, -0.15) is 0 Å². The van der Waals surface area contributed by atoms with Gasteiger partial charge in [0.15, 0.2) is 11.8 Å². The fourth-order valence-corrected chi connectivity index (χ4v) is 2.78. The van der Waals surface area contributed by atoms with Gasteiger partial charge >= 0.3 is 0 Å². The number of halogens is 3. The van der Waals surface area contributed by atoms with Crippen molar-refractivity contribution in [3.8, 4) is 0 Å². The molecule has 0 amide bonds. The molecule has 1 heterocycles. The molecule has 0 aliphatic carbocycles. The van der Waals surface area contributed by atoms with Crippen molar-refractivity contribution in [2.45, 2.75) is 32.9 Å². The number of nitrogens with zero attached hydrogens (tertiary/aromatic N) is 4. The van der Waals surface area contributed by atoms with Gasteiger partial charge in [-0.05, 0) is 37.5 Å². The maximum absolute atomic E-state index is 6.18. The molecular formula is C16H23Cl2IN6. The van der Waals surface area contributed by atoms with Gasteiger partial charge < -0.3 is 15.2 Å². The molecule has 9 heteroatoms. The molecule has 0 fully saturated rings. The van der Waals surface area contributed by atoms with Crippen LogP contribution >= 0.6 is 47.2 Å². The summed E-state index contributed by atoms with van der Waals surface area (Å²) in [6.07, 6.45) is 3.54. The number of benzene rings is 1. The summed E-state index contributed by atoms with van der Waals surface area (Å²) < 4.78 is 1.99. The Bertz CT molecular complexity index is 689. The van der Waals surface area contributed by atoms with Crippen LogP contribution in [-0.2, 0) is 19.5 Å². The van der Waals surface area contributed by atoms with Gasteiger partial charge in [0, 0.05) is 30.2 Å². The van der Waals surface area contributed by atoms with Gasteiger partial charge in [0.2, 0.25) is 0 Å². The van der Waals surface area contributed by atoms with Crippen LogP contribution in [0.2, 0.25) is 10.0 Å². The average Bonchev–Trinajstić information content (AvgIpc) is 3.03. The van der Waals surface area contributed by atoms with E-state index in [2.05, 4.69) is 32.7 Å². The second-order valence-electron chi connectivity index (χ2n) is 5.23. The van der Waals surface area contributed by atoms with E-state index in [0.29, 0.717) is 16.6 Å². The standard InChI is InChI=1S/C16H22Cl2N6.HI/c1-3-24-11-22-23-15(24)10-21-16(19-2)20-8-4-5-12-6-7-13(17)9-14(12)18;/h6-7,9,11H,3-5,8,10H2,1-2H3,(H2,19,20,21);1H. The third-order valence-corrected chi connectivity index (χ3v) is 4.19. The van der Waals surface area contributed by atoms with E-state index in [1.165, 1.54) is 0 Å². The fraction of sp³-hybridized carbons (Fsp3) is 0.438. The summed E-state index contributed by atoms with van der Waals surface area (Å²) in [5.74, 6) is 1.62. The maximum atomic E-state index is 6.18. The van der Waals surface area contributed by atoms with Gasteiger partial charge in [-0.1, -0.05) is 29.3 Å². The minimum Gasteiger partial charge on any atom is -0.356 e. The van der Waals surface area contributed by atoms with Gasteiger partial charge in [-0.25, -0.2) is 0 Å². The van der Waals surface area contributed by atoms with Crippen LogP contribution in [0.4, 0.5) is 0 Å². The first-order valence-corrected chi connectivity index (χ1v) is 8.64. The van der Waals surface area contributed by atoms with Crippen molar-refractivity contribution in [3.05, 3.63) is 46.0 Å². The molecular weight excluding hydrogens is 474 g/mol. The lowest BCUT2D eigenvalue weighted by Gasteiger charge is -2.12. The normalized spacial score (nSPS) is 11.1. The molecule has 0 radical (unpaired) electrons. The van der Waals surface area contributed by atoms with Crippen LogP contribution < -0.4 is 10.6 Å². The highest BCUT2D eigenvalue weighted by atomic mass is 127. The number of rotatable bonds is 7. The van der Waals surface area contributed by atoms with Crippen LogP contribution in [0.15, 0.2) is 29.5 Å². The fourth-order valence-electron chi connectivity index (χ4n) is 2.27. The SMILES string of the molecule is CCn1cnnc1CNC(=NC)NCCCc1ccc(Cl)cc1Cl.I. The van der Waals surface area contributed by atoms with Crippen LogP contribution in [0, 0.1) is 0 Å². The molecule has 138 valence electrons. The van der Waals surface area contributed by atoms with Crippen molar-refractivity contribution < 1.29 is 0 Å². The second kappa shape index (κ2) is 11.5. The third kappa shape index (κ3) is 6.99. The predicted molar refractivity (Wildman–Crippen MR) is 114 cm³/mol. The van der Waals surface area contributed by atoms with E-state index in [4.69, 9.17) is 23.2 Å². The van der Waals surface area contributed by atoms with Gasteiger partial charge in [-0.15, -0.1) is 34.2 Å². The molecule has 0 saturated carbocycles. The van der Waals surface area contributed by atoms with E-state index < -0.39 is 0 Å². The minimum absolute atomic E-state index is 0. The minimum atomic E-state index is 0. The van der Waals surface area contributed by atoms with Crippen LogP contribution in [-0.4, -0.2) is 34.3 Å². The van der Waals surface area contributed by atoms with Crippen molar-refractivity contribution in [2.24, 2.45) is 4.99 Å². The molecule has 25 heavy (non-hydrogen) atoms. The summed E-state index contributed by atoms with van der Waals surface area (Å²) in [6, 6.07) is 5.60. The molecule has 0 spiro atoms. The van der Waals surface area contributed by atoms with Crippen molar-refractivity contribution in [3.63, 3.8) is 0 Å². The van der Waals surface area contributed by atoms with Crippen molar-refractivity contribution in [2.75, 3.05) is 13.6 Å². The van der Waals surface area contributed by atoms with Crippen molar-refractivity contribution in [1.82, 2.24) is 25.4 Å². The predicted octanol–water partition coefficient (Wildman–Crippen LogP) is 3.52. The molecule has 0 saturated heterocycles. The molecule has 1 aromatic heterocycles.